The average Bonchev–Trinajstić information content (AvgIpc) is 2.82. The van der Waals surface area contributed by atoms with Gasteiger partial charge in [0, 0.05) is 11.0 Å². The van der Waals surface area contributed by atoms with Gasteiger partial charge >= 0.3 is 0 Å². The Hall–Kier alpha value is -1.75. The van der Waals surface area contributed by atoms with Crippen molar-refractivity contribution >= 4 is 23.5 Å². The molecule has 1 amide bonds. The van der Waals surface area contributed by atoms with Crippen LogP contribution in [0.2, 0.25) is 0 Å². The number of aromatic nitrogens is 1. The van der Waals surface area contributed by atoms with Gasteiger partial charge in [-0.1, -0.05) is 24.2 Å². The summed E-state index contributed by atoms with van der Waals surface area (Å²) in [5.41, 5.74) is 0.668. The molecule has 0 spiro atoms. The van der Waals surface area contributed by atoms with Crippen molar-refractivity contribution in [1.82, 2.24) is 5.16 Å². The SMILES string of the molecule is CCCSc1ccccc1C(=O)Nc1cc(C)on1. The number of rotatable bonds is 5. The number of aryl methyl sites for hydroxylation is 1. The highest BCUT2D eigenvalue weighted by molar-refractivity contribution is 7.99. The van der Waals surface area contributed by atoms with E-state index in [0.29, 0.717) is 17.1 Å². The standard InChI is InChI=1S/C14H16N2O2S/c1-3-8-19-12-7-5-4-6-11(12)14(17)15-13-9-10(2)18-16-13/h4-7,9H,3,8H2,1-2H3,(H,15,16,17). The third-order valence-corrected chi connectivity index (χ3v) is 3.74. The molecule has 2 rings (SSSR count). The number of nitrogens with zero attached hydrogens (tertiary/aromatic N) is 1. The van der Waals surface area contributed by atoms with Crippen molar-refractivity contribution in [2.75, 3.05) is 11.1 Å². The lowest BCUT2D eigenvalue weighted by Crippen LogP contribution is -2.13. The molecule has 1 aromatic heterocycles. The molecule has 0 atom stereocenters. The molecular weight excluding hydrogens is 260 g/mol. The van der Waals surface area contributed by atoms with E-state index >= 15 is 0 Å². The molecule has 100 valence electrons. The predicted octanol–water partition coefficient (Wildman–Crippen LogP) is 3.74. The number of nitrogens with one attached hydrogen (secondary N) is 1. The summed E-state index contributed by atoms with van der Waals surface area (Å²) in [4.78, 5) is 13.2. The molecule has 1 aromatic carbocycles. The molecule has 0 aliphatic rings. The van der Waals surface area contributed by atoms with Gasteiger partial charge in [0.05, 0.1) is 5.56 Å². The number of anilines is 1. The Kier molecular flexibility index (Phi) is 4.63. The smallest absolute Gasteiger partial charge is 0.258 e. The minimum Gasteiger partial charge on any atom is -0.360 e. The van der Waals surface area contributed by atoms with Gasteiger partial charge in [0.1, 0.15) is 5.76 Å². The Morgan fingerprint density at radius 2 is 2.21 bits per heavy atom. The zero-order valence-corrected chi connectivity index (χ0v) is 11.8. The minimum absolute atomic E-state index is 0.160. The molecule has 0 radical (unpaired) electrons. The van der Waals surface area contributed by atoms with Gasteiger partial charge in [-0.25, -0.2) is 0 Å². The lowest BCUT2D eigenvalue weighted by atomic mass is 10.2. The van der Waals surface area contributed by atoms with E-state index in [2.05, 4.69) is 17.4 Å². The normalized spacial score (nSPS) is 10.4. The number of carbonyl (C=O) groups is 1. The maximum atomic E-state index is 12.2. The number of carbonyl (C=O) groups excluding carboxylic acids is 1. The Labute approximate surface area is 116 Å². The fourth-order valence-corrected chi connectivity index (χ4v) is 2.52. The van der Waals surface area contributed by atoms with Gasteiger partial charge in [-0.05, 0) is 31.2 Å². The summed E-state index contributed by atoms with van der Waals surface area (Å²) in [6, 6.07) is 9.28. The first-order valence-electron chi connectivity index (χ1n) is 6.17. The number of thioether (sulfide) groups is 1. The Morgan fingerprint density at radius 3 is 2.89 bits per heavy atom. The molecule has 1 N–H and O–H groups in total. The first kappa shape index (κ1) is 13.7. The summed E-state index contributed by atoms with van der Waals surface area (Å²) in [6.45, 7) is 3.90. The van der Waals surface area contributed by atoms with Crippen LogP contribution in [0.5, 0.6) is 0 Å². The molecule has 0 aliphatic heterocycles. The molecule has 0 bridgehead atoms. The van der Waals surface area contributed by atoms with Crippen LogP contribution in [-0.4, -0.2) is 16.8 Å². The van der Waals surface area contributed by atoms with Crippen molar-refractivity contribution in [1.29, 1.82) is 0 Å². The topological polar surface area (TPSA) is 55.1 Å². The van der Waals surface area contributed by atoms with Crippen molar-refractivity contribution in [3.63, 3.8) is 0 Å². The molecule has 2 aromatic rings. The predicted molar refractivity (Wildman–Crippen MR) is 76.7 cm³/mol. The van der Waals surface area contributed by atoms with Crippen molar-refractivity contribution in [3.05, 3.63) is 41.7 Å². The monoisotopic (exact) mass is 276 g/mol. The molecular formula is C14H16N2O2S. The minimum atomic E-state index is -0.160. The van der Waals surface area contributed by atoms with Crippen LogP contribution in [0.4, 0.5) is 5.82 Å². The average molecular weight is 276 g/mol. The van der Waals surface area contributed by atoms with Crippen LogP contribution in [0.15, 0.2) is 39.8 Å². The zero-order valence-electron chi connectivity index (χ0n) is 11.0. The number of hydrogen-bond donors (Lipinski definition) is 1. The highest BCUT2D eigenvalue weighted by Crippen LogP contribution is 2.24. The lowest BCUT2D eigenvalue weighted by Gasteiger charge is -2.07. The summed E-state index contributed by atoms with van der Waals surface area (Å²) in [6.07, 6.45) is 1.07. The molecule has 1 heterocycles. The van der Waals surface area contributed by atoms with Crippen molar-refractivity contribution in [2.45, 2.75) is 25.2 Å². The fourth-order valence-electron chi connectivity index (χ4n) is 1.60. The van der Waals surface area contributed by atoms with Gasteiger partial charge < -0.3 is 9.84 Å². The first-order chi connectivity index (χ1) is 9.20. The number of amides is 1. The summed E-state index contributed by atoms with van der Waals surface area (Å²) in [5.74, 6) is 1.95. The third-order valence-electron chi connectivity index (χ3n) is 2.46. The van der Waals surface area contributed by atoms with E-state index in [1.165, 1.54) is 0 Å². The first-order valence-corrected chi connectivity index (χ1v) is 7.15. The maximum Gasteiger partial charge on any atom is 0.258 e. The largest absolute Gasteiger partial charge is 0.360 e. The van der Waals surface area contributed by atoms with Gasteiger partial charge in [0.25, 0.3) is 5.91 Å². The molecule has 0 unspecified atom stereocenters. The second kappa shape index (κ2) is 6.43. The maximum absolute atomic E-state index is 12.2. The Bertz CT molecular complexity index is 566. The molecule has 0 fully saturated rings. The zero-order chi connectivity index (χ0) is 13.7. The van der Waals surface area contributed by atoms with E-state index in [-0.39, 0.29) is 5.91 Å². The summed E-state index contributed by atoms with van der Waals surface area (Å²) in [5, 5.41) is 6.50. The van der Waals surface area contributed by atoms with Crippen molar-refractivity contribution in [2.24, 2.45) is 0 Å². The van der Waals surface area contributed by atoms with Crippen LogP contribution in [0, 0.1) is 6.92 Å². The highest BCUT2D eigenvalue weighted by atomic mass is 32.2. The van der Waals surface area contributed by atoms with Gasteiger partial charge in [-0.2, -0.15) is 0 Å². The van der Waals surface area contributed by atoms with E-state index < -0.39 is 0 Å². The highest BCUT2D eigenvalue weighted by Gasteiger charge is 2.12. The van der Waals surface area contributed by atoms with E-state index in [1.54, 1.807) is 24.8 Å². The third kappa shape index (κ3) is 3.61. The van der Waals surface area contributed by atoms with E-state index in [0.717, 1.165) is 17.1 Å². The summed E-state index contributed by atoms with van der Waals surface area (Å²) in [7, 11) is 0. The van der Waals surface area contributed by atoms with E-state index in [1.807, 2.05) is 24.3 Å². The number of hydrogen-bond acceptors (Lipinski definition) is 4. The lowest BCUT2D eigenvalue weighted by molar-refractivity contribution is 0.102. The van der Waals surface area contributed by atoms with Crippen LogP contribution in [0.25, 0.3) is 0 Å². The van der Waals surface area contributed by atoms with Crippen LogP contribution >= 0.6 is 11.8 Å². The molecule has 4 nitrogen and oxygen atoms in total. The van der Waals surface area contributed by atoms with Gasteiger partial charge in [-0.15, -0.1) is 11.8 Å². The molecule has 5 heteroatoms. The van der Waals surface area contributed by atoms with Crippen molar-refractivity contribution in [3.8, 4) is 0 Å². The quantitative estimate of drug-likeness (QED) is 0.845. The van der Waals surface area contributed by atoms with Gasteiger partial charge in [-0.3, -0.25) is 4.79 Å². The van der Waals surface area contributed by atoms with Gasteiger partial charge in [0.15, 0.2) is 5.82 Å². The van der Waals surface area contributed by atoms with Crippen LogP contribution in [-0.2, 0) is 0 Å². The second-order valence-corrected chi connectivity index (χ2v) is 5.26. The Morgan fingerprint density at radius 1 is 1.42 bits per heavy atom. The van der Waals surface area contributed by atoms with E-state index in [9.17, 15) is 4.79 Å². The van der Waals surface area contributed by atoms with E-state index in [4.69, 9.17) is 4.52 Å². The fraction of sp³-hybridized carbons (Fsp3) is 0.286. The van der Waals surface area contributed by atoms with Crippen LogP contribution in [0.3, 0.4) is 0 Å². The molecule has 19 heavy (non-hydrogen) atoms. The van der Waals surface area contributed by atoms with Crippen LogP contribution < -0.4 is 5.32 Å². The number of benzene rings is 1. The summed E-state index contributed by atoms with van der Waals surface area (Å²) >= 11 is 1.69. The summed E-state index contributed by atoms with van der Waals surface area (Å²) < 4.78 is 4.93. The van der Waals surface area contributed by atoms with Gasteiger partial charge in [0.2, 0.25) is 0 Å². The molecule has 0 aliphatic carbocycles. The second-order valence-electron chi connectivity index (χ2n) is 4.12. The Balaban J connectivity index is 2.14. The van der Waals surface area contributed by atoms with Crippen LogP contribution in [0.1, 0.15) is 29.5 Å². The molecule has 0 saturated heterocycles. The van der Waals surface area contributed by atoms with Crippen molar-refractivity contribution < 1.29 is 9.32 Å². The molecule has 0 saturated carbocycles.